The maximum atomic E-state index is 11.5. The highest BCUT2D eigenvalue weighted by Crippen LogP contribution is 2.27. The molecule has 1 N–H and O–H groups in total. The first kappa shape index (κ1) is 10.5. The molecule has 0 aliphatic carbocycles. The summed E-state index contributed by atoms with van der Waals surface area (Å²) in [5.74, 6) is -1.39. The molecule has 0 saturated carbocycles. The average Bonchev–Trinajstić information content (AvgIpc) is 2.27. The Kier molecular flexibility index (Phi) is 2.52. The average molecular weight is 222 g/mol. The normalized spacial score (nSPS) is 15.6. The predicted octanol–water partition coefficient (Wildman–Crippen LogP) is 1.03. The zero-order valence-corrected chi connectivity index (χ0v) is 8.65. The van der Waals surface area contributed by atoms with Gasteiger partial charge in [0.1, 0.15) is 24.5 Å². The standard InChI is InChI=1S/C11H10O5/c1-6-7-2-3-8(9(6)12)11(14)16-5-4-15-10(7)13/h2-3,12H,4-5H2,1H3. The molecule has 0 spiro atoms. The summed E-state index contributed by atoms with van der Waals surface area (Å²) in [6.07, 6.45) is 0. The summed E-state index contributed by atoms with van der Waals surface area (Å²) in [6, 6.07) is 2.80. The summed E-state index contributed by atoms with van der Waals surface area (Å²) < 4.78 is 9.66. The van der Waals surface area contributed by atoms with Gasteiger partial charge < -0.3 is 14.6 Å². The molecule has 0 fully saturated rings. The van der Waals surface area contributed by atoms with Crippen LogP contribution >= 0.6 is 0 Å². The van der Waals surface area contributed by atoms with E-state index in [4.69, 9.17) is 9.47 Å². The van der Waals surface area contributed by atoms with E-state index in [1.165, 1.54) is 12.1 Å². The van der Waals surface area contributed by atoms with Crippen LogP contribution in [0.4, 0.5) is 0 Å². The molecule has 5 heteroatoms. The minimum absolute atomic E-state index is 0.0124. The van der Waals surface area contributed by atoms with Gasteiger partial charge in [0.15, 0.2) is 0 Å². The number of carbonyl (C=O) groups excluding carboxylic acids is 2. The Hall–Kier alpha value is -2.04. The highest BCUT2D eigenvalue weighted by atomic mass is 16.6. The van der Waals surface area contributed by atoms with Crippen molar-refractivity contribution in [2.45, 2.75) is 6.92 Å². The first-order chi connectivity index (χ1) is 7.61. The smallest absolute Gasteiger partial charge is 0.342 e. The van der Waals surface area contributed by atoms with Crippen LogP contribution in [-0.2, 0) is 9.47 Å². The van der Waals surface area contributed by atoms with Crippen LogP contribution in [-0.4, -0.2) is 30.3 Å². The molecule has 1 aromatic carbocycles. The fraction of sp³-hybridized carbons (Fsp3) is 0.273. The molecule has 0 unspecified atom stereocenters. The third-order valence-electron chi connectivity index (χ3n) is 2.42. The summed E-state index contributed by atoms with van der Waals surface area (Å²) in [5.41, 5.74) is 0.647. The first-order valence-electron chi connectivity index (χ1n) is 4.78. The van der Waals surface area contributed by atoms with Crippen LogP contribution in [0.15, 0.2) is 12.1 Å². The quantitative estimate of drug-likeness (QED) is 0.663. The van der Waals surface area contributed by atoms with Crippen molar-refractivity contribution in [1.82, 2.24) is 0 Å². The Balaban J connectivity index is 2.60. The molecule has 2 heterocycles. The fourth-order valence-electron chi connectivity index (χ4n) is 1.51. The van der Waals surface area contributed by atoms with E-state index in [0.717, 1.165) is 0 Å². The van der Waals surface area contributed by atoms with Crippen LogP contribution in [0.3, 0.4) is 0 Å². The van der Waals surface area contributed by atoms with Crippen molar-refractivity contribution in [1.29, 1.82) is 0 Å². The van der Waals surface area contributed by atoms with E-state index >= 15 is 0 Å². The van der Waals surface area contributed by atoms with Crippen LogP contribution in [0.1, 0.15) is 26.3 Å². The lowest BCUT2D eigenvalue weighted by molar-refractivity contribution is 0.0256. The highest BCUT2D eigenvalue weighted by molar-refractivity contribution is 5.97. The molecule has 2 aliphatic rings. The van der Waals surface area contributed by atoms with E-state index in [-0.39, 0.29) is 30.1 Å². The molecule has 3 rings (SSSR count). The number of hydrogen-bond acceptors (Lipinski definition) is 5. The van der Waals surface area contributed by atoms with Crippen LogP contribution < -0.4 is 0 Å². The van der Waals surface area contributed by atoms with Gasteiger partial charge in [-0.15, -0.1) is 0 Å². The molecule has 0 saturated heterocycles. The molecule has 84 valence electrons. The largest absolute Gasteiger partial charge is 0.507 e. The molecule has 16 heavy (non-hydrogen) atoms. The van der Waals surface area contributed by atoms with E-state index in [1.54, 1.807) is 6.92 Å². The summed E-state index contributed by atoms with van der Waals surface area (Å²) in [5, 5.41) is 9.74. The van der Waals surface area contributed by atoms with Gasteiger partial charge in [0.05, 0.1) is 5.56 Å². The van der Waals surface area contributed by atoms with Crippen molar-refractivity contribution in [3.63, 3.8) is 0 Å². The maximum absolute atomic E-state index is 11.5. The zero-order valence-electron chi connectivity index (χ0n) is 8.65. The van der Waals surface area contributed by atoms with E-state index in [0.29, 0.717) is 5.56 Å². The number of rotatable bonds is 0. The third kappa shape index (κ3) is 1.60. The summed E-state index contributed by atoms with van der Waals surface area (Å²) in [4.78, 5) is 23.0. The second-order valence-electron chi connectivity index (χ2n) is 3.41. The number of carbonyl (C=O) groups is 2. The molecule has 5 nitrogen and oxygen atoms in total. The van der Waals surface area contributed by atoms with Gasteiger partial charge in [0.25, 0.3) is 0 Å². The molecule has 0 aromatic heterocycles. The van der Waals surface area contributed by atoms with Crippen LogP contribution in [0, 0.1) is 6.92 Å². The summed E-state index contributed by atoms with van der Waals surface area (Å²) >= 11 is 0. The number of ether oxygens (including phenoxy) is 2. The maximum Gasteiger partial charge on any atom is 0.342 e. The van der Waals surface area contributed by atoms with Gasteiger partial charge in [-0.1, -0.05) is 0 Å². The molecule has 0 atom stereocenters. The molecule has 2 bridgehead atoms. The second kappa shape index (κ2) is 3.84. The Labute approximate surface area is 91.6 Å². The Morgan fingerprint density at radius 3 is 2.19 bits per heavy atom. The molecule has 1 aromatic rings. The SMILES string of the molecule is Cc1c2ccc(c1O)C(=O)OCCOC2=O. The van der Waals surface area contributed by atoms with E-state index in [1.807, 2.05) is 0 Å². The highest BCUT2D eigenvalue weighted by Gasteiger charge is 2.21. The lowest BCUT2D eigenvalue weighted by Crippen LogP contribution is -2.18. The number of benzene rings is 1. The third-order valence-corrected chi connectivity index (χ3v) is 2.42. The Morgan fingerprint density at radius 2 is 1.56 bits per heavy atom. The van der Waals surface area contributed by atoms with Crippen LogP contribution in [0.25, 0.3) is 0 Å². The minimum Gasteiger partial charge on any atom is -0.507 e. The van der Waals surface area contributed by atoms with Crippen LogP contribution in [0.5, 0.6) is 5.75 Å². The van der Waals surface area contributed by atoms with Gasteiger partial charge in [0, 0.05) is 5.56 Å². The van der Waals surface area contributed by atoms with E-state index in [9.17, 15) is 14.7 Å². The second-order valence-corrected chi connectivity index (χ2v) is 3.41. The van der Waals surface area contributed by atoms with Crippen LogP contribution in [0.2, 0.25) is 0 Å². The summed E-state index contributed by atoms with van der Waals surface area (Å²) in [7, 11) is 0. The Bertz CT molecular complexity index is 421. The van der Waals surface area contributed by atoms with Crippen molar-refractivity contribution in [3.05, 3.63) is 28.8 Å². The van der Waals surface area contributed by atoms with Gasteiger partial charge >= 0.3 is 11.9 Å². The molecular formula is C11H10O5. The summed E-state index contributed by atoms with van der Waals surface area (Å²) in [6.45, 7) is 1.55. The fourth-order valence-corrected chi connectivity index (χ4v) is 1.51. The molecule has 0 radical (unpaired) electrons. The molecular weight excluding hydrogens is 212 g/mol. The molecule has 2 aliphatic heterocycles. The predicted molar refractivity (Wildman–Crippen MR) is 53.4 cm³/mol. The van der Waals surface area contributed by atoms with Gasteiger partial charge in [-0.3, -0.25) is 0 Å². The van der Waals surface area contributed by atoms with E-state index < -0.39 is 11.9 Å². The number of hydrogen-bond donors (Lipinski definition) is 1. The van der Waals surface area contributed by atoms with Crippen molar-refractivity contribution < 1.29 is 24.2 Å². The van der Waals surface area contributed by atoms with Crippen molar-refractivity contribution in [3.8, 4) is 5.75 Å². The number of esters is 2. The van der Waals surface area contributed by atoms with Crippen molar-refractivity contribution >= 4 is 11.9 Å². The van der Waals surface area contributed by atoms with Crippen molar-refractivity contribution in [2.24, 2.45) is 0 Å². The lowest BCUT2D eigenvalue weighted by atomic mass is 10.0. The van der Waals surface area contributed by atoms with E-state index in [2.05, 4.69) is 0 Å². The monoisotopic (exact) mass is 222 g/mol. The number of aromatic hydroxyl groups is 1. The first-order valence-corrected chi connectivity index (χ1v) is 4.78. The number of phenolic OH excluding ortho intramolecular Hbond substituents is 1. The number of phenols is 1. The van der Waals surface area contributed by atoms with Gasteiger partial charge in [-0.2, -0.15) is 0 Å². The van der Waals surface area contributed by atoms with Gasteiger partial charge in [0.2, 0.25) is 0 Å². The molecule has 0 amide bonds. The topological polar surface area (TPSA) is 72.8 Å². The van der Waals surface area contributed by atoms with Gasteiger partial charge in [-0.25, -0.2) is 9.59 Å². The van der Waals surface area contributed by atoms with Gasteiger partial charge in [-0.05, 0) is 19.1 Å². The number of fused-ring (bicyclic) bond motifs is 7. The zero-order chi connectivity index (χ0) is 11.7. The lowest BCUT2D eigenvalue weighted by Gasteiger charge is -2.14. The van der Waals surface area contributed by atoms with Crippen molar-refractivity contribution in [2.75, 3.05) is 13.2 Å². The minimum atomic E-state index is -0.620. The Morgan fingerprint density at radius 1 is 1.06 bits per heavy atom.